The summed E-state index contributed by atoms with van der Waals surface area (Å²) in [4.78, 5) is 15.9. The summed E-state index contributed by atoms with van der Waals surface area (Å²) < 4.78 is 0. The predicted octanol–water partition coefficient (Wildman–Crippen LogP) is 6.35. The summed E-state index contributed by atoms with van der Waals surface area (Å²) in [6.07, 6.45) is 9.39. The van der Waals surface area contributed by atoms with Gasteiger partial charge < -0.3 is 10.0 Å². The highest BCUT2D eigenvalue weighted by Gasteiger charge is 2.63. The normalized spacial score (nSPS) is 46.7. The van der Waals surface area contributed by atoms with Gasteiger partial charge in [-0.15, -0.1) is 0 Å². The second-order valence-electron chi connectivity index (χ2n) is 13.3. The van der Waals surface area contributed by atoms with Gasteiger partial charge in [0.15, 0.2) is 5.78 Å². The number of likely N-dealkylation sites (N-methyl/N-ethyl adjacent to an activating group) is 1. The van der Waals surface area contributed by atoms with Gasteiger partial charge in [0.1, 0.15) is 0 Å². The molecule has 33 heavy (non-hydrogen) atoms. The number of para-hydroxylation sites is 1. The Labute approximate surface area is 201 Å². The van der Waals surface area contributed by atoms with Gasteiger partial charge in [-0.05, 0) is 111 Å². The van der Waals surface area contributed by atoms with E-state index in [1.165, 1.54) is 38.5 Å². The lowest BCUT2D eigenvalue weighted by atomic mass is 9.44. The molecule has 9 atom stereocenters. The number of benzene rings is 1. The van der Waals surface area contributed by atoms with Crippen LogP contribution in [-0.4, -0.2) is 30.1 Å². The lowest BCUT2D eigenvalue weighted by Crippen LogP contribution is -2.56. The topological polar surface area (TPSA) is 40.5 Å². The molecular formula is C30H45NO2. The molecule has 182 valence electrons. The number of ketones is 1. The van der Waals surface area contributed by atoms with Crippen LogP contribution in [0.15, 0.2) is 30.3 Å². The van der Waals surface area contributed by atoms with E-state index in [-0.39, 0.29) is 11.3 Å². The number of nitrogens with zero attached hydrogens (tertiary/aromatic N) is 1. The summed E-state index contributed by atoms with van der Waals surface area (Å²) in [5.41, 5.74) is 1.19. The molecule has 1 N–H and O–H groups in total. The molecule has 3 heteroatoms. The molecule has 4 fully saturated rings. The highest BCUT2D eigenvalue weighted by molar-refractivity contribution is 5.87. The first-order chi connectivity index (χ1) is 15.6. The standard InChI is InChI=1S/C30H45NO2/c1-20-17-25-23-12-11-21-18-28(2,33)15-16-29(21,3)24(23)13-14-30(25,4)27(20)26(32)19-31(5)22-9-7-6-8-10-22/h6-10,20-21,23-25,27,33H,11-19H2,1-5H3/t20-,21+,23-,24+,25+,27-,28-,29+,30+/m1/s1. The van der Waals surface area contributed by atoms with Crippen LogP contribution in [0, 0.1) is 46.3 Å². The fraction of sp³-hybridized carbons (Fsp3) is 0.767. The first kappa shape index (κ1) is 23.4. The molecule has 0 spiro atoms. The average molecular weight is 452 g/mol. The van der Waals surface area contributed by atoms with E-state index in [0.29, 0.717) is 35.5 Å². The summed E-state index contributed by atoms with van der Waals surface area (Å²) in [7, 11) is 2.06. The van der Waals surface area contributed by atoms with Crippen molar-refractivity contribution in [2.45, 2.75) is 84.7 Å². The van der Waals surface area contributed by atoms with Crippen molar-refractivity contribution in [2.75, 3.05) is 18.5 Å². The fourth-order valence-electron chi connectivity index (χ4n) is 9.59. The molecule has 1 aromatic rings. The Bertz CT molecular complexity index is 881. The Morgan fingerprint density at radius 2 is 1.73 bits per heavy atom. The van der Waals surface area contributed by atoms with Crippen molar-refractivity contribution >= 4 is 11.5 Å². The smallest absolute Gasteiger partial charge is 0.155 e. The molecule has 0 bridgehead atoms. The lowest BCUT2D eigenvalue weighted by molar-refractivity contribution is -0.150. The molecule has 0 saturated heterocycles. The number of hydrogen-bond donors (Lipinski definition) is 1. The second kappa shape index (κ2) is 8.11. The van der Waals surface area contributed by atoms with Crippen LogP contribution < -0.4 is 4.90 Å². The second-order valence-corrected chi connectivity index (χ2v) is 13.3. The zero-order chi connectivity index (χ0) is 23.6. The minimum absolute atomic E-state index is 0.151. The van der Waals surface area contributed by atoms with Crippen molar-refractivity contribution in [3.05, 3.63) is 30.3 Å². The highest BCUT2D eigenvalue weighted by atomic mass is 16.3. The van der Waals surface area contributed by atoms with E-state index in [4.69, 9.17) is 0 Å². The highest BCUT2D eigenvalue weighted by Crippen LogP contribution is 2.68. The predicted molar refractivity (Wildman–Crippen MR) is 135 cm³/mol. The number of carbonyl (C=O) groups is 1. The van der Waals surface area contributed by atoms with Crippen LogP contribution >= 0.6 is 0 Å². The minimum Gasteiger partial charge on any atom is -0.390 e. The number of rotatable bonds is 4. The number of carbonyl (C=O) groups excluding carboxylic acids is 1. The summed E-state index contributed by atoms with van der Waals surface area (Å²) in [6.45, 7) is 9.96. The van der Waals surface area contributed by atoms with E-state index in [1.807, 2.05) is 6.07 Å². The van der Waals surface area contributed by atoms with E-state index in [0.717, 1.165) is 30.4 Å². The third-order valence-electron chi connectivity index (χ3n) is 11.2. The van der Waals surface area contributed by atoms with Gasteiger partial charge in [0.2, 0.25) is 0 Å². The maximum Gasteiger partial charge on any atom is 0.155 e. The molecule has 0 aromatic heterocycles. The van der Waals surface area contributed by atoms with Gasteiger partial charge in [0, 0.05) is 18.7 Å². The summed E-state index contributed by atoms with van der Waals surface area (Å²) in [5, 5.41) is 10.8. The van der Waals surface area contributed by atoms with Crippen LogP contribution in [0.5, 0.6) is 0 Å². The monoisotopic (exact) mass is 451 g/mol. The van der Waals surface area contributed by atoms with Crippen LogP contribution in [0.3, 0.4) is 0 Å². The van der Waals surface area contributed by atoms with Crippen molar-refractivity contribution in [2.24, 2.45) is 46.3 Å². The Kier molecular flexibility index (Phi) is 5.75. The summed E-state index contributed by atoms with van der Waals surface area (Å²) in [6, 6.07) is 10.3. The summed E-state index contributed by atoms with van der Waals surface area (Å²) in [5.74, 6) is 4.01. The molecule has 4 aliphatic rings. The van der Waals surface area contributed by atoms with Crippen LogP contribution in [0.2, 0.25) is 0 Å². The molecule has 4 aliphatic carbocycles. The van der Waals surface area contributed by atoms with Gasteiger partial charge in [-0.25, -0.2) is 0 Å². The number of aliphatic hydroxyl groups is 1. The largest absolute Gasteiger partial charge is 0.390 e. The quantitative estimate of drug-likeness (QED) is 0.580. The SMILES string of the molecule is C[C@@H]1C[C@H]2[C@@H]3CC[C@H]4C[C@](C)(O)CC[C@]4(C)[C@H]3CC[C@]2(C)[C@H]1C(=O)CN(C)c1ccccc1. The van der Waals surface area contributed by atoms with Crippen LogP contribution in [0.25, 0.3) is 0 Å². The van der Waals surface area contributed by atoms with E-state index in [1.54, 1.807) is 0 Å². The molecule has 0 aliphatic heterocycles. The van der Waals surface area contributed by atoms with Crippen LogP contribution in [-0.2, 0) is 4.79 Å². The molecule has 0 heterocycles. The van der Waals surface area contributed by atoms with Crippen molar-refractivity contribution in [1.82, 2.24) is 0 Å². The minimum atomic E-state index is -0.468. The lowest BCUT2D eigenvalue weighted by Gasteiger charge is -2.61. The fourth-order valence-corrected chi connectivity index (χ4v) is 9.59. The molecule has 0 unspecified atom stereocenters. The molecule has 4 saturated carbocycles. The third-order valence-corrected chi connectivity index (χ3v) is 11.2. The van der Waals surface area contributed by atoms with E-state index in [9.17, 15) is 9.90 Å². The van der Waals surface area contributed by atoms with Crippen molar-refractivity contribution in [1.29, 1.82) is 0 Å². The maximum atomic E-state index is 13.8. The van der Waals surface area contributed by atoms with Gasteiger partial charge in [0.05, 0.1) is 12.1 Å². The number of Topliss-reactive ketones (excluding diaryl/α,β-unsaturated/α-hetero) is 1. The molecule has 1 aromatic carbocycles. The van der Waals surface area contributed by atoms with Gasteiger partial charge in [-0.2, -0.15) is 0 Å². The average Bonchev–Trinajstić information content (AvgIpc) is 3.04. The number of anilines is 1. The van der Waals surface area contributed by atoms with Gasteiger partial charge in [-0.1, -0.05) is 39.0 Å². The van der Waals surface area contributed by atoms with E-state index in [2.05, 4.69) is 63.9 Å². The molecule has 3 nitrogen and oxygen atoms in total. The Hall–Kier alpha value is -1.35. The van der Waals surface area contributed by atoms with Crippen LogP contribution in [0.1, 0.15) is 79.1 Å². The Morgan fingerprint density at radius 3 is 2.45 bits per heavy atom. The van der Waals surface area contributed by atoms with Crippen molar-refractivity contribution in [3.8, 4) is 0 Å². The maximum absolute atomic E-state index is 13.8. The Balaban J connectivity index is 1.35. The number of hydrogen-bond acceptors (Lipinski definition) is 3. The molecular weight excluding hydrogens is 406 g/mol. The van der Waals surface area contributed by atoms with Gasteiger partial charge >= 0.3 is 0 Å². The molecule has 5 rings (SSSR count). The molecule has 0 radical (unpaired) electrons. The zero-order valence-corrected chi connectivity index (χ0v) is 21.5. The van der Waals surface area contributed by atoms with Gasteiger partial charge in [0.25, 0.3) is 0 Å². The van der Waals surface area contributed by atoms with Crippen molar-refractivity contribution in [3.63, 3.8) is 0 Å². The third kappa shape index (κ3) is 3.77. The number of fused-ring (bicyclic) bond motifs is 5. The van der Waals surface area contributed by atoms with E-state index < -0.39 is 5.60 Å². The first-order valence-electron chi connectivity index (χ1n) is 13.6. The zero-order valence-electron chi connectivity index (χ0n) is 21.5. The molecule has 0 amide bonds. The Morgan fingerprint density at radius 1 is 1.00 bits per heavy atom. The van der Waals surface area contributed by atoms with Crippen molar-refractivity contribution < 1.29 is 9.90 Å². The van der Waals surface area contributed by atoms with Crippen LogP contribution in [0.4, 0.5) is 5.69 Å². The van der Waals surface area contributed by atoms with E-state index >= 15 is 0 Å². The first-order valence-corrected chi connectivity index (χ1v) is 13.6. The van der Waals surface area contributed by atoms with Gasteiger partial charge in [-0.3, -0.25) is 4.79 Å². The summed E-state index contributed by atoms with van der Waals surface area (Å²) >= 11 is 0.